The molecule has 2 atom stereocenters. The van der Waals surface area contributed by atoms with Crippen molar-refractivity contribution in [1.29, 1.82) is 0 Å². The number of rotatable bonds is 8. The van der Waals surface area contributed by atoms with Gasteiger partial charge in [-0.25, -0.2) is 0 Å². The third-order valence-electron chi connectivity index (χ3n) is 5.30. The Morgan fingerprint density at radius 1 is 1.16 bits per heavy atom. The second-order valence-corrected chi connectivity index (χ2v) is 8.10. The Bertz CT molecular complexity index is 1000. The second kappa shape index (κ2) is 9.91. The first-order valence-corrected chi connectivity index (χ1v) is 10.5. The highest BCUT2D eigenvalue weighted by Gasteiger charge is 2.34. The SMILES string of the molecule is COc1cc2c(c(OC)c1OC)C(=O)CC(c1cccc(NC(=O)[C@@H](N)CC(C)C)c1)O2. The number of fused-ring (bicyclic) bond motifs is 1. The van der Waals surface area contributed by atoms with Crippen molar-refractivity contribution in [3.05, 3.63) is 41.5 Å². The van der Waals surface area contributed by atoms with E-state index >= 15 is 0 Å². The molecule has 0 saturated carbocycles. The second-order valence-electron chi connectivity index (χ2n) is 8.10. The van der Waals surface area contributed by atoms with Crippen molar-refractivity contribution >= 4 is 17.4 Å². The zero-order chi connectivity index (χ0) is 23.4. The van der Waals surface area contributed by atoms with E-state index in [1.54, 1.807) is 24.3 Å². The molecule has 1 unspecified atom stereocenters. The van der Waals surface area contributed by atoms with Crippen molar-refractivity contribution in [3.8, 4) is 23.0 Å². The first kappa shape index (κ1) is 23.4. The highest BCUT2D eigenvalue weighted by molar-refractivity contribution is 6.04. The maximum atomic E-state index is 13.0. The van der Waals surface area contributed by atoms with Crippen LogP contribution in [0.3, 0.4) is 0 Å². The van der Waals surface area contributed by atoms with Crippen LogP contribution in [0.25, 0.3) is 0 Å². The molecule has 1 aliphatic rings. The van der Waals surface area contributed by atoms with E-state index in [1.807, 2.05) is 19.9 Å². The van der Waals surface area contributed by atoms with Crippen molar-refractivity contribution in [3.63, 3.8) is 0 Å². The highest BCUT2D eigenvalue weighted by Crippen LogP contribution is 2.49. The number of carbonyl (C=O) groups is 2. The fourth-order valence-corrected chi connectivity index (χ4v) is 3.81. The summed E-state index contributed by atoms with van der Waals surface area (Å²) in [5, 5.41) is 2.85. The minimum atomic E-state index is -0.590. The van der Waals surface area contributed by atoms with Crippen LogP contribution >= 0.6 is 0 Å². The quantitative estimate of drug-likeness (QED) is 0.641. The zero-order valence-electron chi connectivity index (χ0n) is 19.1. The minimum absolute atomic E-state index is 0.114. The van der Waals surface area contributed by atoms with Crippen molar-refractivity contribution in [1.82, 2.24) is 0 Å². The van der Waals surface area contributed by atoms with E-state index in [0.29, 0.717) is 40.8 Å². The molecule has 0 aromatic heterocycles. The van der Waals surface area contributed by atoms with Crippen LogP contribution in [-0.2, 0) is 4.79 Å². The smallest absolute Gasteiger partial charge is 0.241 e. The number of methoxy groups -OCH3 is 3. The molecule has 3 N–H and O–H groups in total. The molecular formula is C24H30N2O6. The molecule has 172 valence electrons. The van der Waals surface area contributed by atoms with Gasteiger partial charge in [-0.15, -0.1) is 0 Å². The van der Waals surface area contributed by atoms with E-state index in [-0.39, 0.29) is 23.9 Å². The fourth-order valence-electron chi connectivity index (χ4n) is 3.81. The topological polar surface area (TPSA) is 109 Å². The summed E-state index contributed by atoms with van der Waals surface area (Å²) < 4.78 is 22.3. The molecule has 8 heteroatoms. The van der Waals surface area contributed by atoms with Crippen LogP contribution in [0.15, 0.2) is 30.3 Å². The van der Waals surface area contributed by atoms with E-state index in [2.05, 4.69) is 5.32 Å². The Morgan fingerprint density at radius 2 is 1.88 bits per heavy atom. The van der Waals surface area contributed by atoms with Crippen LogP contribution in [0, 0.1) is 5.92 Å². The van der Waals surface area contributed by atoms with E-state index in [0.717, 1.165) is 5.56 Å². The molecule has 2 aromatic rings. The van der Waals surface area contributed by atoms with Gasteiger partial charge in [0.15, 0.2) is 17.3 Å². The average Bonchev–Trinajstić information content (AvgIpc) is 2.77. The van der Waals surface area contributed by atoms with Crippen LogP contribution in [0.1, 0.15) is 48.7 Å². The molecule has 0 bridgehead atoms. The molecule has 8 nitrogen and oxygen atoms in total. The molecule has 32 heavy (non-hydrogen) atoms. The Hall–Kier alpha value is -3.26. The summed E-state index contributed by atoms with van der Waals surface area (Å²) in [6.45, 7) is 4.03. The van der Waals surface area contributed by atoms with E-state index in [1.165, 1.54) is 21.3 Å². The highest BCUT2D eigenvalue weighted by atomic mass is 16.5. The van der Waals surface area contributed by atoms with Gasteiger partial charge in [0.05, 0.1) is 33.8 Å². The van der Waals surface area contributed by atoms with Gasteiger partial charge >= 0.3 is 0 Å². The molecule has 1 aliphatic heterocycles. The van der Waals surface area contributed by atoms with Crippen LogP contribution in [0.4, 0.5) is 5.69 Å². The van der Waals surface area contributed by atoms with Crippen LogP contribution in [0.2, 0.25) is 0 Å². The summed E-state index contributed by atoms with van der Waals surface area (Å²) >= 11 is 0. The maximum Gasteiger partial charge on any atom is 0.241 e. The molecule has 0 fully saturated rings. The molecular weight excluding hydrogens is 412 g/mol. The number of anilines is 1. The molecule has 0 spiro atoms. The van der Waals surface area contributed by atoms with E-state index < -0.39 is 12.1 Å². The van der Waals surface area contributed by atoms with Crippen LogP contribution in [-0.4, -0.2) is 39.1 Å². The lowest BCUT2D eigenvalue weighted by Crippen LogP contribution is -2.36. The van der Waals surface area contributed by atoms with Gasteiger partial charge in [-0.05, 0) is 30.0 Å². The van der Waals surface area contributed by atoms with Crippen molar-refractivity contribution < 1.29 is 28.5 Å². The van der Waals surface area contributed by atoms with E-state index in [9.17, 15) is 9.59 Å². The van der Waals surface area contributed by atoms with Crippen LogP contribution < -0.4 is 30.0 Å². The van der Waals surface area contributed by atoms with Crippen molar-refractivity contribution in [2.24, 2.45) is 11.7 Å². The largest absolute Gasteiger partial charge is 0.493 e. The van der Waals surface area contributed by atoms with Gasteiger partial charge in [-0.1, -0.05) is 26.0 Å². The molecule has 0 saturated heterocycles. The predicted octanol–water partition coefficient (Wildman–Crippen LogP) is 3.73. The number of Topliss-reactive ketones (excluding diaryl/α,β-unsaturated/α-hetero) is 1. The Morgan fingerprint density at radius 3 is 2.50 bits per heavy atom. The number of ether oxygens (including phenoxy) is 4. The lowest BCUT2D eigenvalue weighted by atomic mass is 9.94. The number of hydrogen-bond acceptors (Lipinski definition) is 7. The summed E-state index contributed by atoms with van der Waals surface area (Å²) in [7, 11) is 4.45. The summed E-state index contributed by atoms with van der Waals surface area (Å²) in [6, 6.07) is 8.26. The van der Waals surface area contributed by atoms with E-state index in [4.69, 9.17) is 24.7 Å². The lowest BCUT2D eigenvalue weighted by molar-refractivity contribution is -0.117. The van der Waals surface area contributed by atoms with Crippen molar-refractivity contribution in [2.45, 2.75) is 38.8 Å². The van der Waals surface area contributed by atoms with Gasteiger partial charge in [-0.3, -0.25) is 9.59 Å². The average molecular weight is 443 g/mol. The number of nitrogens with two attached hydrogens (primary N) is 1. The molecule has 3 rings (SSSR count). The Labute approximate surface area is 188 Å². The third kappa shape index (κ3) is 4.80. The van der Waals surface area contributed by atoms with Gasteiger partial charge in [-0.2, -0.15) is 0 Å². The molecule has 1 amide bonds. The molecule has 1 heterocycles. The number of ketones is 1. The van der Waals surface area contributed by atoms with Crippen LogP contribution in [0.5, 0.6) is 23.0 Å². The maximum absolute atomic E-state index is 13.0. The van der Waals surface area contributed by atoms with Crippen molar-refractivity contribution in [2.75, 3.05) is 26.6 Å². The summed E-state index contributed by atoms with van der Waals surface area (Å²) in [6.07, 6.45) is 0.178. The van der Waals surface area contributed by atoms with Gasteiger partial charge in [0, 0.05) is 11.8 Å². The van der Waals surface area contributed by atoms with Gasteiger partial charge < -0.3 is 30.0 Å². The number of carbonyl (C=O) groups excluding carboxylic acids is 2. The standard InChI is InChI=1S/C24H30N2O6/c1-13(2)9-16(25)24(28)26-15-8-6-7-14(10-15)18-11-17(27)21-19(32-18)12-20(29-3)22(30-4)23(21)31-5/h6-8,10,12-13,16,18H,9,11,25H2,1-5H3,(H,26,28)/t16-,18?/m0/s1. The molecule has 0 aliphatic carbocycles. The molecule has 0 radical (unpaired) electrons. The van der Waals surface area contributed by atoms with Gasteiger partial charge in [0.2, 0.25) is 11.7 Å². The number of hydrogen-bond donors (Lipinski definition) is 2. The Kier molecular flexibility index (Phi) is 7.25. The minimum Gasteiger partial charge on any atom is -0.493 e. The normalized spacial score (nSPS) is 16.1. The first-order valence-electron chi connectivity index (χ1n) is 10.5. The number of benzene rings is 2. The Balaban J connectivity index is 1.87. The molecule has 2 aromatic carbocycles. The summed E-state index contributed by atoms with van der Waals surface area (Å²) in [4.78, 5) is 25.4. The number of amides is 1. The predicted molar refractivity (Wildman–Crippen MR) is 121 cm³/mol. The summed E-state index contributed by atoms with van der Waals surface area (Å²) in [5.41, 5.74) is 7.66. The number of nitrogens with one attached hydrogen (secondary N) is 1. The third-order valence-corrected chi connectivity index (χ3v) is 5.30. The van der Waals surface area contributed by atoms with Gasteiger partial charge in [0.25, 0.3) is 0 Å². The zero-order valence-corrected chi connectivity index (χ0v) is 19.1. The van der Waals surface area contributed by atoms with Gasteiger partial charge in [0.1, 0.15) is 17.4 Å². The summed E-state index contributed by atoms with van der Waals surface area (Å²) in [5.74, 6) is 1.31. The first-order chi connectivity index (χ1) is 15.3. The lowest BCUT2D eigenvalue weighted by Gasteiger charge is -2.28. The fraction of sp³-hybridized carbons (Fsp3) is 0.417. The monoisotopic (exact) mass is 442 g/mol.